The molecule has 0 saturated heterocycles. The number of esters is 1. The standard InChI is InChI=1S/C20H19NO5S2/c1-27-18-8-4-15(5-9-18)14-26-20(22)16-6-10-19(11-7-16)28(23,24)21-13-17-3-2-12-25-17/h2-12,21H,13-14H2,1H3. The van der Waals surface area contributed by atoms with E-state index in [1.54, 1.807) is 23.9 Å². The molecular formula is C20H19NO5S2. The Morgan fingerprint density at radius 2 is 1.79 bits per heavy atom. The molecule has 0 radical (unpaired) electrons. The fourth-order valence-corrected chi connectivity index (χ4v) is 3.79. The highest BCUT2D eigenvalue weighted by molar-refractivity contribution is 7.98. The third-order valence-corrected chi connectivity index (χ3v) is 6.11. The molecular weight excluding hydrogens is 398 g/mol. The average Bonchev–Trinajstić information content (AvgIpc) is 3.25. The molecule has 1 N–H and O–H groups in total. The van der Waals surface area contributed by atoms with Crippen LogP contribution in [0.2, 0.25) is 0 Å². The first-order valence-corrected chi connectivity index (χ1v) is 11.1. The molecule has 28 heavy (non-hydrogen) atoms. The summed E-state index contributed by atoms with van der Waals surface area (Å²) >= 11 is 1.64. The van der Waals surface area contributed by atoms with Crippen molar-refractivity contribution in [3.8, 4) is 0 Å². The molecule has 2 aromatic carbocycles. The molecule has 0 aliphatic carbocycles. The molecule has 0 aliphatic rings. The van der Waals surface area contributed by atoms with Gasteiger partial charge in [0.1, 0.15) is 12.4 Å². The van der Waals surface area contributed by atoms with E-state index >= 15 is 0 Å². The van der Waals surface area contributed by atoms with Gasteiger partial charge in [-0.3, -0.25) is 0 Å². The Labute approximate surface area is 168 Å². The van der Waals surface area contributed by atoms with Crippen LogP contribution in [-0.2, 0) is 27.9 Å². The van der Waals surface area contributed by atoms with E-state index in [-0.39, 0.29) is 23.6 Å². The van der Waals surface area contributed by atoms with Gasteiger partial charge in [-0.05, 0) is 60.4 Å². The Morgan fingerprint density at radius 3 is 2.39 bits per heavy atom. The largest absolute Gasteiger partial charge is 0.468 e. The van der Waals surface area contributed by atoms with Crippen LogP contribution in [0.3, 0.4) is 0 Å². The number of carbonyl (C=O) groups excluding carboxylic acids is 1. The summed E-state index contributed by atoms with van der Waals surface area (Å²) in [5.74, 6) is -0.00391. The van der Waals surface area contributed by atoms with Crippen molar-refractivity contribution < 1.29 is 22.4 Å². The molecule has 0 unspecified atom stereocenters. The van der Waals surface area contributed by atoms with Crippen molar-refractivity contribution in [3.63, 3.8) is 0 Å². The molecule has 8 heteroatoms. The van der Waals surface area contributed by atoms with E-state index < -0.39 is 16.0 Å². The second kappa shape index (κ2) is 9.09. The lowest BCUT2D eigenvalue weighted by atomic mass is 10.2. The summed E-state index contributed by atoms with van der Waals surface area (Å²) in [5, 5.41) is 0. The summed E-state index contributed by atoms with van der Waals surface area (Å²) in [6.07, 6.45) is 3.46. The number of hydrogen-bond donors (Lipinski definition) is 1. The molecule has 0 spiro atoms. The second-order valence-electron chi connectivity index (χ2n) is 5.85. The number of ether oxygens (including phenoxy) is 1. The van der Waals surface area contributed by atoms with E-state index in [9.17, 15) is 13.2 Å². The highest BCUT2D eigenvalue weighted by Crippen LogP contribution is 2.16. The predicted molar refractivity (Wildman–Crippen MR) is 107 cm³/mol. The second-order valence-corrected chi connectivity index (χ2v) is 8.50. The molecule has 1 heterocycles. The minimum Gasteiger partial charge on any atom is -0.468 e. The van der Waals surface area contributed by atoms with Crippen LogP contribution in [0.5, 0.6) is 0 Å². The monoisotopic (exact) mass is 417 g/mol. The van der Waals surface area contributed by atoms with Gasteiger partial charge in [0.2, 0.25) is 10.0 Å². The van der Waals surface area contributed by atoms with Crippen molar-refractivity contribution in [2.45, 2.75) is 22.9 Å². The normalized spacial score (nSPS) is 11.3. The van der Waals surface area contributed by atoms with Crippen LogP contribution >= 0.6 is 11.8 Å². The van der Waals surface area contributed by atoms with Crippen LogP contribution in [0.4, 0.5) is 0 Å². The number of nitrogens with one attached hydrogen (secondary N) is 1. The number of rotatable bonds is 8. The quantitative estimate of drug-likeness (QED) is 0.443. The third-order valence-electron chi connectivity index (χ3n) is 3.95. The van der Waals surface area contributed by atoms with Gasteiger partial charge in [-0.15, -0.1) is 11.8 Å². The first-order chi connectivity index (χ1) is 13.5. The summed E-state index contributed by atoms with van der Waals surface area (Å²) in [5.41, 5.74) is 1.16. The van der Waals surface area contributed by atoms with Crippen molar-refractivity contribution in [1.82, 2.24) is 4.72 Å². The van der Waals surface area contributed by atoms with Crippen molar-refractivity contribution in [1.29, 1.82) is 0 Å². The van der Waals surface area contributed by atoms with Crippen LogP contribution in [0.25, 0.3) is 0 Å². The summed E-state index contributed by atoms with van der Waals surface area (Å²) < 4.78 is 37.4. The van der Waals surface area contributed by atoms with Gasteiger partial charge >= 0.3 is 5.97 Å². The summed E-state index contributed by atoms with van der Waals surface area (Å²) in [4.78, 5) is 13.4. The van der Waals surface area contributed by atoms with E-state index in [0.29, 0.717) is 5.76 Å². The molecule has 6 nitrogen and oxygen atoms in total. The molecule has 0 aliphatic heterocycles. The highest BCUT2D eigenvalue weighted by atomic mass is 32.2. The van der Waals surface area contributed by atoms with E-state index in [1.807, 2.05) is 30.5 Å². The number of carbonyl (C=O) groups is 1. The first-order valence-electron chi connectivity index (χ1n) is 8.40. The van der Waals surface area contributed by atoms with Crippen LogP contribution in [0, 0.1) is 0 Å². The maximum Gasteiger partial charge on any atom is 0.338 e. The molecule has 146 valence electrons. The van der Waals surface area contributed by atoms with Crippen molar-refractivity contribution in [2.75, 3.05) is 6.26 Å². The van der Waals surface area contributed by atoms with Gasteiger partial charge in [0.05, 0.1) is 23.3 Å². The predicted octanol–water partition coefficient (Wildman–Crippen LogP) is 3.84. The summed E-state index contributed by atoms with van der Waals surface area (Å²) in [7, 11) is -3.70. The Balaban J connectivity index is 1.58. The van der Waals surface area contributed by atoms with Crippen LogP contribution in [0.15, 0.2) is 81.1 Å². The van der Waals surface area contributed by atoms with E-state index in [2.05, 4.69) is 4.72 Å². The van der Waals surface area contributed by atoms with Gasteiger partial charge in [0.25, 0.3) is 0 Å². The zero-order valence-corrected chi connectivity index (χ0v) is 16.8. The number of hydrogen-bond acceptors (Lipinski definition) is 6. The minimum absolute atomic E-state index is 0.0501. The number of sulfonamides is 1. The SMILES string of the molecule is CSc1ccc(COC(=O)c2ccc(S(=O)(=O)NCc3ccco3)cc2)cc1. The Hall–Kier alpha value is -2.55. The highest BCUT2D eigenvalue weighted by Gasteiger charge is 2.16. The molecule has 1 aromatic heterocycles. The first kappa shape index (κ1) is 20.2. The van der Waals surface area contributed by atoms with Crippen molar-refractivity contribution in [3.05, 3.63) is 83.8 Å². The number of thioether (sulfide) groups is 1. The fraction of sp³-hybridized carbons (Fsp3) is 0.150. The van der Waals surface area contributed by atoms with Gasteiger partial charge in [0.15, 0.2) is 0 Å². The Morgan fingerprint density at radius 1 is 1.07 bits per heavy atom. The van der Waals surface area contributed by atoms with E-state index in [1.165, 1.54) is 30.5 Å². The van der Waals surface area contributed by atoms with E-state index in [0.717, 1.165) is 10.5 Å². The van der Waals surface area contributed by atoms with Crippen LogP contribution in [0.1, 0.15) is 21.7 Å². The minimum atomic E-state index is -3.70. The molecule has 3 aromatic rings. The molecule has 0 saturated carbocycles. The lowest BCUT2D eigenvalue weighted by Gasteiger charge is -2.08. The topological polar surface area (TPSA) is 85.6 Å². The zero-order valence-electron chi connectivity index (χ0n) is 15.1. The molecule has 0 fully saturated rings. The molecule has 0 bridgehead atoms. The summed E-state index contributed by atoms with van der Waals surface area (Å²) in [6, 6.07) is 16.7. The lowest BCUT2D eigenvalue weighted by molar-refractivity contribution is 0.0472. The Bertz CT molecular complexity index is 1010. The van der Waals surface area contributed by atoms with Gasteiger partial charge in [-0.25, -0.2) is 17.9 Å². The number of benzene rings is 2. The smallest absolute Gasteiger partial charge is 0.338 e. The van der Waals surface area contributed by atoms with Gasteiger partial charge in [0, 0.05) is 4.90 Å². The van der Waals surface area contributed by atoms with Gasteiger partial charge in [-0.2, -0.15) is 0 Å². The average molecular weight is 418 g/mol. The molecule has 3 rings (SSSR count). The number of furan rings is 1. The van der Waals surface area contributed by atoms with Crippen LogP contribution in [-0.4, -0.2) is 20.6 Å². The summed E-state index contributed by atoms with van der Waals surface area (Å²) in [6.45, 7) is 0.201. The lowest BCUT2D eigenvalue weighted by Crippen LogP contribution is -2.23. The van der Waals surface area contributed by atoms with Gasteiger partial charge in [-0.1, -0.05) is 12.1 Å². The molecule has 0 amide bonds. The third kappa shape index (κ3) is 5.25. The molecule has 0 atom stereocenters. The Kier molecular flexibility index (Phi) is 6.56. The zero-order chi connectivity index (χ0) is 20.0. The van der Waals surface area contributed by atoms with Crippen molar-refractivity contribution >= 4 is 27.8 Å². The van der Waals surface area contributed by atoms with Crippen LogP contribution < -0.4 is 4.72 Å². The fourth-order valence-electron chi connectivity index (χ4n) is 2.39. The van der Waals surface area contributed by atoms with Gasteiger partial charge < -0.3 is 9.15 Å². The van der Waals surface area contributed by atoms with E-state index in [4.69, 9.17) is 9.15 Å². The maximum atomic E-state index is 12.3. The maximum absolute atomic E-state index is 12.3. The van der Waals surface area contributed by atoms with Crippen molar-refractivity contribution in [2.24, 2.45) is 0 Å².